The third-order valence-corrected chi connectivity index (χ3v) is 3.29. The zero-order valence-electron chi connectivity index (χ0n) is 11.1. The van der Waals surface area contributed by atoms with E-state index in [1.807, 2.05) is 19.9 Å². The van der Waals surface area contributed by atoms with Crippen LogP contribution in [0.5, 0.6) is 0 Å². The predicted molar refractivity (Wildman–Crippen MR) is 79.5 cm³/mol. The average Bonchev–Trinajstić information content (AvgIpc) is 2.95. The van der Waals surface area contributed by atoms with Crippen LogP contribution in [-0.4, -0.2) is 21.7 Å². The van der Waals surface area contributed by atoms with Crippen LogP contribution in [0.25, 0.3) is 17.1 Å². The summed E-state index contributed by atoms with van der Waals surface area (Å²) in [4.78, 5) is 23.4. The Morgan fingerprint density at radius 2 is 2.20 bits per heavy atom. The summed E-state index contributed by atoms with van der Waals surface area (Å²) in [6.45, 7) is 3.97. The largest absolute Gasteiger partial charge is 0.346 e. The summed E-state index contributed by atoms with van der Waals surface area (Å²) in [5, 5.41) is 4.19. The highest BCUT2D eigenvalue weighted by Gasteiger charge is 2.22. The van der Waals surface area contributed by atoms with Crippen LogP contribution in [0, 0.1) is 5.92 Å². The standard InChI is InChI=1S/C14H13ClN4O/c1-7(2)12-18-11(14(20)19-12)3-8-5-16-13-10(8)4-9(15)6-17-13/h3-7H,1-2H3,(H,16,17)(H,18,19,20). The first kappa shape index (κ1) is 12.9. The molecule has 3 rings (SSSR count). The van der Waals surface area contributed by atoms with E-state index in [1.54, 1.807) is 18.5 Å². The molecule has 0 spiro atoms. The summed E-state index contributed by atoms with van der Waals surface area (Å²) in [7, 11) is 0. The summed E-state index contributed by atoms with van der Waals surface area (Å²) in [6, 6.07) is 1.81. The second kappa shape index (κ2) is 4.76. The van der Waals surface area contributed by atoms with Gasteiger partial charge in [-0.1, -0.05) is 25.4 Å². The number of aromatic amines is 1. The molecule has 0 saturated carbocycles. The normalized spacial score (nSPS) is 17.1. The maximum absolute atomic E-state index is 11.9. The summed E-state index contributed by atoms with van der Waals surface area (Å²) < 4.78 is 0. The number of halogens is 1. The maximum atomic E-state index is 11.9. The Morgan fingerprint density at radius 1 is 1.40 bits per heavy atom. The van der Waals surface area contributed by atoms with Crippen LogP contribution in [0.2, 0.25) is 5.02 Å². The number of hydrogen-bond donors (Lipinski definition) is 2. The lowest BCUT2D eigenvalue weighted by molar-refractivity contribution is -0.115. The molecule has 102 valence electrons. The number of rotatable bonds is 2. The molecule has 0 atom stereocenters. The quantitative estimate of drug-likeness (QED) is 0.834. The van der Waals surface area contributed by atoms with E-state index in [2.05, 4.69) is 20.3 Å². The minimum absolute atomic E-state index is 0.182. The molecule has 0 bridgehead atoms. The van der Waals surface area contributed by atoms with Crippen LogP contribution in [-0.2, 0) is 4.79 Å². The van der Waals surface area contributed by atoms with Crippen molar-refractivity contribution in [3.8, 4) is 0 Å². The molecule has 1 aliphatic rings. The molecule has 20 heavy (non-hydrogen) atoms. The van der Waals surface area contributed by atoms with E-state index in [0.29, 0.717) is 16.6 Å². The minimum Gasteiger partial charge on any atom is -0.346 e. The van der Waals surface area contributed by atoms with Gasteiger partial charge in [0.1, 0.15) is 17.2 Å². The highest BCUT2D eigenvalue weighted by atomic mass is 35.5. The lowest BCUT2D eigenvalue weighted by atomic mass is 10.2. The van der Waals surface area contributed by atoms with Gasteiger partial charge in [-0.15, -0.1) is 0 Å². The van der Waals surface area contributed by atoms with Crippen molar-refractivity contribution >= 4 is 40.5 Å². The van der Waals surface area contributed by atoms with Crippen LogP contribution < -0.4 is 5.32 Å². The van der Waals surface area contributed by atoms with E-state index in [0.717, 1.165) is 16.6 Å². The molecular formula is C14H13ClN4O. The number of nitrogens with one attached hydrogen (secondary N) is 2. The molecule has 5 nitrogen and oxygen atoms in total. The molecule has 0 fully saturated rings. The molecule has 0 aliphatic carbocycles. The van der Waals surface area contributed by atoms with E-state index in [4.69, 9.17) is 11.6 Å². The molecule has 1 aliphatic heterocycles. The number of H-pyrrole nitrogens is 1. The van der Waals surface area contributed by atoms with Gasteiger partial charge in [-0.25, -0.2) is 9.98 Å². The van der Waals surface area contributed by atoms with Crippen LogP contribution in [0.15, 0.2) is 29.1 Å². The van der Waals surface area contributed by atoms with Gasteiger partial charge in [0.2, 0.25) is 0 Å². The number of aromatic nitrogens is 2. The molecule has 0 aromatic carbocycles. The van der Waals surface area contributed by atoms with Gasteiger partial charge in [0, 0.05) is 29.3 Å². The first-order chi connectivity index (χ1) is 9.54. The first-order valence-corrected chi connectivity index (χ1v) is 6.66. The Bertz CT molecular complexity index is 758. The highest BCUT2D eigenvalue weighted by molar-refractivity contribution is 6.31. The van der Waals surface area contributed by atoms with Gasteiger partial charge in [0.25, 0.3) is 5.91 Å². The van der Waals surface area contributed by atoms with Gasteiger partial charge < -0.3 is 10.3 Å². The number of aliphatic imine (C=N–C) groups is 1. The molecule has 3 heterocycles. The maximum Gasteiger partial charge on any atom is 0.275 e. The van der Waals surface area contributed by atoms with Crippen LogP contribution >= 0.6 is 11.6 Å². The fourth-order valence-corrected chi connectivity index (χ4v) is 2.18. The summed E-state index contributed by atoms with van der Waals surface area (Å²) in [6.07, 6.45) is 5.10. The van der Waals surface area contributed by atoms with Crippen LogP contribution in [0.3, 0.4) is 0 Å². The number of hydrogen-bond acceptors (Lipinski definition) is 3. The van der Waals surface area contributed by atoms with Crippen molar-refractivity contribution < 1.29 is 4.79 Å². The van der Waals surface area contributed by atoms with E-state index >= 15 is 0 Å². The average molecular weight is 289 g/mol. The van der Waals surface area contributed by atoms with Crippen molar-refractivity contribution in [2.75, 3.05) is 0 Å². The fourth-order valence-electron chi connectivity index (χ4n) is 2.03. The molecule has 2 N–H and O–H groups in total. The third-order valence-electron chi connectivity index (χ3n) is 3.08. The minimum atomic E-state index is -0.182. The Morgan fingerprint density at radius 3 is 2.90 bits per heavy atom. The zero-order chi connectivity index (χ0) is 14.3. The molecule has 0 radical (unpaired) electrons. The highest BCUT2D eigenvalue weighted by Crippen LogP contribution is 2.23. The molecule has 6 heteroatoms. The second-order valence-corrected chi connectivity index (χ2v) is 5.37. The second-order valence-electron chi connectivity index (χ2n) is 4.93. The Labute approximate surface area is 120 Å². The lowest BCUT2D eigenvalue weighted by Gasteiger charge is -2.01. The number of carbonyl (C=O) groups is 1. The van der Waals surface area contributed by atoms with Crippen LogP contribution in [0.1, 0.15) is 19.4 Å². The molecule has 1 amide bonds. The van der Waals surface area contributed by atoms with E-state index < -0.39 is 0 Å². The van der Waals surface area contributed by atoms with Gasteiger partial charge in [-0.05, 0) is 12.1 Å². The smallest absolute Gasteiger partial charge is 0.275 e. The number of pyridine rings is 1. The monoisotopic (exact) mass is 288 g/mol. The fraction of sp³-hybridized carbons (Fsp3) is 0.214. The lowest BCUT2D eigenvalue weighted by Crippen LogP contribution is -2.27. The topological polar surface area (TPSA) is 70.1 Å². The van der Waals surface area contributed by atoms with Gasteiger partial charge in [-0.2, -0.15) is 0 Å². The van der Waals surface area contributed by atoms with Gasteiger partial charge in [0.05, 0.1) is 5.02 Å². The molecule has 2 aromatic rings. The Balaban J connectivity index is 2.06. The van der Waals surface area contributed by atoms with Crippen molar-refractivity contribution in [3.05, 3.63) is 34.7 Å². The number of nitrogens with zero attached hydrogens (tertiary/aromatic N) is 2. The molecule has 2 aromatic heterocycles. The van der Waals surface area contributed by atoms with Crippen molar-refractivity contribution in [2.45, 2.75) is 13.8 Å². The summed E-state index contributed by atoms with van der Waals surface area (Å²) in [5.41, 5.74) is 1.97. The van der Waals surface area contributed by atoms with Crippen molar-refractivity contribution in [3.63, 3.8) is 0 Å². The number of amidine groups is 1. The first-order valence-electron chi connectivity index (χ1n) is 6.29. The number of fused-ring (bicyclic) bond motifs is 1. The summed E-state index contributed by atoms with van der Waals surface area (Å²) in [5.74, 6) is 0.694. The van der Waals surface area contributed by atoms with Gasteiger partial charge >= 0.3 is 0 Å². The van der Waals surface area contributed by atoms with Crippen molar-refractivity contribution in [2.24, 2.45) is 10.9 Å². The van der Waals surface area contributed by atoms with Crippen molar-refractivity contribution in [1.29, 1.82) is 0 Å². The third kappa shape index (κ3) is 2.20. The Hall–Kier alpha value is -2.14. The zero-order valence-corrected chi connectivity index (χ0v) is 11.8. The Kier molecular flexibility index (Phi) is 3.06. The molecule has 0 saturated heterocycles. The molecule has 0 unspecified atom stereocenters. The van der Waals surface area contributed by atoms with Crippen LogP contribution in [0.4, 0.5) is 0 Å². The van der Waals surface area contributed by atoms with Gasteiger partial charge in [-0.3, -0.25) is 4.79 Å². The predicted octanol–water partition coefficient (Wildman–Crippen LogP) is 2.74. The van der Waals surface area contributed by atoms with E-state index in [1.165, 1.54) is 0 Å². The van der Waals surface area contributed by atoms with Crippen molar-refractivity contribution in [1.82, 2.24) is 15.3 Å². The molecular weight excluding hydrogens is 276 g/mol. The number of carbonyl (C=O) groups excluding carboxylic acids is 1. The summed E-state index contributed by atoms with van der Waals surface area (Å²) >= 11 is 5.95. The van der Waals surface area contributed by atoms with E-state index in [-0.39, 0.29) is 11.8 Å². The van der Waals surface area contributed by atoms with Gasteiger partial charge in [0.15, 0.2) is 0 Å². The SMILES string of the molecule is CC(C)C1=NC(=Cc2c[nH]c3ncc(Cl)cc23)C(=O)N1. The number of amides is 1. The van der Waals surface area contributed by atoms with E-state index in [9.17, 15) is 4.79 Å².